The zero-order valence-corrected chi connectivity index (χ0v) is 18.9. The summed E-state index contributed by atoms with van der Waals surface area (Å²) in [6, 6.07) is 0.831. The summed E-state index contributed by atoms with van der Waals surface area (Å²) in [5.41, 5.74) is -0.974. The molecular weight excluding hydrogens is 464 g/mol. The summed E-state index contributed by atoms with van der Waals surface area (Å²) in [6.45, 7) is 1.73. The topological polar surface area (TPSA) is 83.6 Å². The van der Waals surface area contributed by atoms with Gasteiger partial charge in [-0.05, 0) is 31.7 Å². The zero-order chi connectivity index (χ0) is 23.9. The number of ether oxygens (including phenoxy) is 1. The molecule has 0 aromatic carbocycles. The minimum Gasteiger partial charge on any atom is -0.443 e. The number of carbonyl (C=O) groups is 2. The quantitative estimate of drug-likeness (QED) is 0.619. The number of piperidine rings is 1. The Bertz CT molecular complexity index is 1060. The molecule has 1 saturated heterocycles. The van der Waals surface area contributed by atoms with Gasteiger partial charge in [-0.2, -0.15) is 13.2 Å². The van der Waals surface area contributed by atoms with E-state index in [0.29, 0.717) is 5.92 Å². The molecule has 2 aromatic rings. The SMILES string of the molecule is CNC(=O)c1csc2c(C(F)(F)F)cc(N3CC[C@@H](OC(=O)N[C@@H](C)C4CC4)[C@H](F)C3)nc12. The molecule has 2 aromatic heterocycles. The van der Waals surface area contributed by atoms with E-state index in [1.807, 2.05) is 6.92 Å². The van der Waals surface area contributed by atoms with E-state index in [-0.39, 0.29) is 47.2 Å². The summed E-state index contributed by atoms with van der Waals surface area (Å²) < 4.78 is 61.1. The molecule has 1 aliphatic heterocycles. The number of alkyl carbamates (subject to hydrolysis) is 1. The van der Waals surface area contributed by atoms with Crippen LogP contribution in [0.15, 0.2) is 11.4 Å². The lowest BCUT2D eigenvalue weighted by Crippen LogP contribution is -2.48. The van der Waals surface area contributed by atoms with Gasteiger partial charge in [-0.15, -0.1) is 11.3 Å². The molecule has 0 bridgehead atoms. The Hall–Kier alpha value is -2.63. The Morgan fingerprint density at radius 1 is 1.30 bits per heavy atom. The first-order valence-electron chi connectivity index (χ1n) is 10.7. The lowest BCUT2D eigenvalue weighted by molar-refractivity contribution is -0.136. The highest BCUT2D eigenvalue weighted by atomic mass is 32.1. The molecule has 1 saturated carbocycles. The second-order valence-electron chi connectivity index (χ2n) is 8.40. The van der Waals surface area contributed by atoms with E-state index in [4.69, 9.17) is 4.74 Å². The van der Waals surface area contributed by atoms with Gasteiger partial charge >= 0.3 is 12.3 Å². The number of aromatic nitrogens is 1. The lowest BCUT2D eigenvalue weighted by Gasteiger charge is -2.35. The molecule has 180 valence electrons. The predicted molar refractivity (Wildman–Crippen MR) is 115 cm³/mol. The minimum atomic E-state index is -4.67. The van der Waals surface area contributed by atoms with Crippen molar-refractivity contribution < 1.29 is 31.9 Å². The molecule has 0 unspecified atom stereocenters. The van der Waals surface area contributed by atoms with E-state index in [1.54, 1.807) is 0 Å². The third kappa shape index (κ3) is 4.99. The van der Waals surface area contributed by atoms with Crippen LogP contribution in [-0.2, 0) is 10.9 Å². The van der Waals surface area contributed by atoms with Gasteiger partial charge in [-0.3, -0.25) is 4.79 Å². The molecule has 3 heterocycles. The number of pyridine rings is 1. The second kappa shape index (κ2) is 8.96. The molecule has 7 nitrogen and oxygen atoms in total. The molecule has 0 spiro atoms. The largest absolute Gasteiger partial charge is 0.443 e. The van der Waals surface area contributed by atoms with Crippen molar-refractivity contribution in [1.29, 1.82) is 0 Å². The number of rotatable bonds is 5. The van der Waals surface area contributed by atoms with E-state index in [1.165, 1.54) is 17.3 Å². The van der Waals surface area contributed by atoms with Gasteiger partial charge < -0.3 is 20.3 Å². The number of carbonyl (C=O) groups excluding carboxylic acids is 2. The highest BCUT2D eigenvalue weighted by Crippen LogP contribution is 2.40. The van der Waals surface area contributed by atoms with Gasteiger partial charge in [0.15, 0.2) is 6.17 Å². The molecule has 4 rings (SSSR count). The number of nitrogens with zero attached hydrogens (tertiary/aromatic N) is 2. The van der Waals surface area contributed by atoms with Gasteiger partial charge in [0.25, 0.3) is 5.91 Å². The van der Waals surface area contributed by atoms with Gasteiger partial charge in [0.05, 0.1) is 27.9 Å². The second-order valence-corrected chi connectivity index (χ2v) is 9.28. The Balaban J connectivity index is 1.53. The van der Waals surface area contributed by atoms with Crippen LogP contribution in [0.3, 0.4) is 0 Å². The number of fused-ring (bicyclic) bond motifs is 1. The number of anilines is 1. The average Bonchev–Trinajstić information content (AvgIpc) is 3.52. The molecule has 33 heavy (non-hydrogen) atoms. The number of nitrogens with one attached hydrogen (secondary N) is 2. The van der Waals surface area contributed by atoms with Crippen LogP contribution in [0.4, 0.5) is 28.2 Å². The number of hydrogen-bond donors (Lipinski definition) is 2. The van der Waals surface area contributed by atoms with Crippen LogP contribution in [0.5, 0.6) is 0 Å². The van der Waals surface area contributed by atoms with Crippen LogP contribution in [0.1, 0.15) is 42.1 Å². The summed E-state index contributed by atoms with van der Waals surface area (Å²) in [7, 11) is 1.38. The van der Waals surface area contributed by atoms with E-state index in [9.17, 15) is 27.2 Å². The average molecular weight is 489 g/mol. The van der Waals surface area contributed by atoms with E-state index < -0.39 is 36.0 Å². The molecule has 2 fully saturated rings. The third-order valence-corrected chi connectivity index (χ3v) is 7.03. The number of amides is 2. The number of alkyl halides is 4. The van der Waals surface area contributed by atoms with Crippen molar-refractivity contribution >= 4 is 39.4 Å². The van der Waals surface area contributed by atoms with Crippen molar-refractivity contribution in [1.82, 2.24) is 15.6 Å². The van der Waals surface area contributed by atoms with Gasteiger partial charge in [0.1, 0.15) is 11.9 Å². The van der Waals surface area contributed by atoms with E-state index in [0.717, 1.165) is 30.2 Å². The minimum absolute atomic E-state index is 0.0290. The van der Waals surface area contributed by atoms with Crippen LogP contribution in [-0.4, -0.2) is 55.4 Å². The Labute approximate surface area is 191 Å². The Kier molecular flexibility index (Phi) is 6.39. The zero-order valence-electron chi connectivity index (χ0n) is 18.0. The van der Waals surface area contributed by atoms with Crippen molar-refractivity contribution in [2.45, 2.75) is 50.7 Å². The van der Waals surface area contributed by atoms with Crippen LogP contribution in [0.25, 0.3) is 10.2 Å². The summed E-state index contributed by atoms with van der Waals surface area (Å²) >= 11 is 0.785. The van der Waals surface area contributed by atoms with E-state index in [2.05, 4.69) is 15.6 Å². The maximum atomic E-state index is 14.8. The first kappa shape index (κ1) is 23.5. The molecule has 2 N–H and O–H groups in total. The standard InChI is InChI=1S/C21H24F4N4O3S/c1-10(11-3-4-11)27-20(31)32-15-5-6-29(8-14(15)22)16-7-13(21(23,24)25)18-17(28-16)12(9-33-18)19(30)26-2/h7,9-11,14-15H,3-6,8H2,1-2H3,(H,26,30)(H,27,31)/t10-,14+,15+/m0/s1. The molecule has 2 aliphatic rings. The van der Waals surface area contributed by atoms with Gasteiger partial charge in [0.2, 0.25) is 0 Å². The highest BCUT2D eigenvalue weighted by Gasteiger charge is 2.38. The van der Waals surface area contributed by atoms with Gasteiger partial charge in [0, 0.05) is 31.4 Å². The number of thiophene rings is 1. The summed E-state index contributed by atoms with van der Waals surface area (Å²) in [5, 5.41) is 6.42. The summed E-state index contributed by atoms with van der Waals surface area (Å²) in [4.78, 5) is 29.8. The van der Waals surface area contributed by atoms with Crippen molar-refractivity contribution in [3.05, 3.63) is 22.6 Å². The molecule has 12 heteroatoms. The normalized spacial score (nSPS) is 22.2. The number of hydrogen-bond acceptors (Lipinski definition) is 6. The smallest absolute Gasteiger partial charge is 0.417 e. The summed E-state index contributed by atoms with van der Waals surface area (Å²) in [5.74, 6) is -0.214. The monoisotopic (exact) mass is 488 g/mol. The Morgan fingerprint density at radius 3 is 2.64 bits per heavy atom. The fraction of sp³-hybridized carbons (Fsp3) is 0.571. The van der Waals surface area contributed by atoms with Crippen molar-refractivity contribution in [3.8, 4) is 0 Å². The van der Waals surface area contributed by atoms with Crippen molar-refractivity contribution in [2.75, 3.05) is 25.0 Å². The molecule has 1 aliphatic carbocycles. The molecule has 0 radical (unpaired) electrons. The first-order valence-corrected chi connectivity index (χ1v) is 11.5. The summed E-state index contributed by atoms with van der Waals surface area (Å²) in [6.07, 6.45) is -5.80. The Morgan fingerprint density at radius 2 is 2.03 bits per heavy atom. The van der Waals surface area contributed by atoms with Crippen molar-refractivity contribution in [2.24, 2.45) is 5.92 Å². The van der Waals surface area contributed by atoms with Crippen molar-refractivity contribution in [3.63, 3.8) is 0 Å². The molecule has 3 atom stereocenters. The van der Waals surface area contributed by atoms with Gasteiger partial charge in [-0.1, -0.05) is 0 Å². The van der Waals surface area contributed by atoms with Crippen LogP contribution < -0.4 is 15.5 Å². The van der Waals surface area contributed by atoms with Crippen LogP contribution >= 0.6 is 11.3 Å². The maximum Gasteiger partial charge on any atom is 0.417 e. The third-order valence-electron chi connectivity index (χ3n) is 6.03. The number of halogens is 4. The van der Waals surface area contributed by atoms with E-state index >= 15 is 0 Å². The predicted octanol–water partition coefficient (Wildman–Crippen LogP) is 4.12. The van der Waals surface area contributed by atoms with Gasteiger partial charge in [-0.25, -0.2) is 14.2 Å². The highest BCUT2D eigenvalue weighted by molar-refractivity contribution is 7.17. The lowest BCUT2D eigenvalue weighted by atomic mass is 10.1. The molecule has 2 amide bonds. The fourth-order valence-corrected chi connectivity index (χ4v) is 4.98. The molecular formula is C21H24F4N4O3S. The van der Waals surface area contributed by atoms with Crippen LogP contribution in [0, 0.1) is 5.92 Å². The maximum absolute atomic E-state index is 14.8. The fourth-order valence-electron chi connectivity index (χ4n) is 3.96. The van der Waals surface area contributed by atoms with Crippen LogP contribution in [0.2, 0.25) is 0 Å². The first-order chi connectivity index (χ1) is 15.6.